The molecule has 1 aromatic rings. The summed E-state index contributed by atoms with van der Waals surface area (Å²) in [6.45, 7) is 6.20. The Morgan fingerprint density at radius 3 is 1.43 bits per heavy atom. The molecule has 0 aliphatic carbocycles. The van der Waals surface area contributed by atoms with E-state index in [4.69, 9.17) is 4.74 Å². The van der Waals surface area contributed by atoms with Gasteiger partial charge in [0.2, 0.25) is 0 Å². The Hall–Kier alpha value is -0.441. The molecule has 1 rings (SSSR count). The van der Waals surface area contributed by atoms with Gasteiger partial charge in [-0.05, 0) is 0 Å². The SMILES string of the molecule is CCC[CH2][Sn]([CH2]CCC)([CH2]CCC)[CH2]OCc1cc(C(F)(F)F)cc(C(F)(F)F)c1. The van der Waals surface area contributed by atoms with Gasteiger partial charge in [0.05, 0.1) is 0 Å². The van der Waals surface area contributed by atoms with Crippen LogP contribution in [-0.4, -0.2) is 23.0 Å². The molecule has 8 heteroatoms. The number of rotatable bonds is 13. The molecule has 0 atom stereocenters. The summed E-state index contributed by atoms with van der Waals surface area (Å²) in [5, 5.41) is 0. The molecular formula is C22H34F6OSn. The number of alkyl halides is 6. The van der Waals surface area contributed by atoms with Gasteiger partial charge in [-0.3, -0.25) is 0 Å². The van der Waals surface area contributed by atoms with Crippen molar-refractivity contribution in [2.75, 3.05) is 4.62 Å². The number of hydrogen-bond acceptors (Lipinski definition) is 1. The summed E-state index contributed by atoms with van der Waals surface area (Å²) in [7, 11) is 0. The molecule has 0 saturated heterocycles. The Bertz CT molecular complexity index is 573. The van der Waals surface area contributed by atoms with Gasteiger partial charge in [0, 0.05) is 0 Å². The fourth-order valence-corrected chi connectivity index (χ4v) is 18.1. The van der Waals surface area contributed by atoms with Crippen LogP contribution in [-0.2, 0) is 23.7 Å². The average molecular weight is 547 g/mol. The van der Waals surface area contributed by atoms with Crippen LogP contribution in [0.3, 0.4) is 0 Å². The van der Waals surface area contributed by atoms with Gasteiger partial charge < -0.3 is 0 Å². The molecule has 174 valence electrons. The average Bonchev–Trinajstić information content (AvgIpc) is 2.67. The topological polar surface area (TPSA) is 9.23 Å². The van der Waals surface area contributed by atoms with Crippen molar-refractivity contribution in [1.29, 1.82) is 0 Å². The quantitative estimate of drug-likeness (QED) is 0.178. The second-order valence-corrected chi connectivity index (χ2v) is 21.9. The van der Waals surface area contributed by atoms with Gasteiger partial charge in [-0.15, -0.1) is 0 Å². The van der Waals surface area contributed by atoms with Crippen molar-refractivity contribution < 1.29 is 31.1 Å². The van der Waals surface area contributed by atoms with Crippen LogP contribution in [0.4, 0.5) is 26.3 Å². The second kappa shape index (κ2) is 12.6. The van der Waals surface area contributed by atoms with Crippen molar-refractivity contribution in [2.45, 2.75) is 91.6 Å². The molecule has 0 saturated carbocycles. The predicted octanol–water partition coefficient (Wildman–Crippen LogP) is 8.63. The standard InChI is InChI=1S/C10H7F6O.3C4H9.Sn/c1-17-5-6-2-7(9(11,12)13)4-8(3-6)10(14,15)16;3*1-3-4-2;/h2-4H,1,5H2;3*1,3-4H2,2H3;. The van der Waals surface area contributed by atoms with E-state index in [1.165, 1.54) is 13.3 Å². The van der Waals surface area contributed by atoms with Crippen molar-refractivity contribution in [2.24, 2.45) is 0 Å². The van der Waals surface area contributed by atoms with E-state index in [1.54, 1.807) is 0 Å². The molecule has 0 fully saturated rings. The molecule has 0 aliphatic rings. The monoisotopic (exact) mass is 548 g/mol. The number of unbranched alkanes of at least 4 members (excludes halogenated alkanes) is 3. The van der Waals surface area contributed by atoms with Crippen LogP contribution in [0.2, 0.25) is 13.3 Å². The third kappa shape index (κ3) is 9.37. The van der Waals surface area contributed by atoms with Crippen LogP contribution in [0.25, 0.3) is 0 Å². The third-order valence-corrected chi connectivity index (χ3v) is 19.9. The molecule has 0 aromatic heterocycles. The first kappa shape index (κ1) is 27.6. The Morgan fingerprint density at radius 2 is 1.10 bits per heavy atom. The molecule has 0 bridgehead atoms. The molecule has 30 heavy (non-hydrogen) atoms. The molecule has 0 unspecified atom stereocenters. The second-order valence-electron chi connectivity index (χ2n) is 8.22. The molecule has 0 radical (unpaired) electrons. The molecule has 0 N–H and O–H groups in total. The van der Waals surface area contributed by atoms with Crippen LogP contribution >= 0.6 is 0 Å². The van der Waals surface area contributed by atoms with Crippen molar-refractivity contribution in [3.05, 3.63) is 34.9 Å². The van der Waals surface area contributed by atoms with E-state index in [2.05, 4.69) is 20.8 Å². The Morgan fingerprint density at radius 1 is 0.700 bits per heavy atom. The van der Waals surface area contributed by atoms with Gasteiger partial charge in [-0.2, -0.15) is 0 Å². The van der Waals surface area contributed by atoms with E-state index in [9.17, 15) is 26.3 Å². The summed E-state index contributed by atoms with van der Waals surface area (Å²) in [6.07, 6.45) is -3.05. The molecule has 0 spiro atoms. The minimum atomic E-state index is -4.83. The van der Waals surface area contributed by atoms with Gasteiger partial charge in [-0.1, -0.05) is 0 Å². The Kier molecular flexibility index (Phi) is 11.6. The maximum absolute atomic E-state index is 13.1. The Balaban J connectivity index is 3.02. The minimum absolute atomic E-state index is 0.0705. The van der Waals surface area contributed by atoms with Crippen molar-refractivity contribution in [1.82, 2.24) is 0 Å². The van der Waals surface area contributed by atoms with Crippen LogP contribution in [0.15, 0.2) is 18.2 Å². The van der Waals surface area contributed by atoms with Crippen molar-refractivity contribution in [3.63, 3.8) is 0 Å². The van der Waals surface area contributed by atoms with Crippen molar-refractivity contribution in [3.8, 4) is 0 Å². The zero-order chi connectivity index (χ0) is 22.8. The summed E-state index contributed by atoms with van der Waals surface area (Å²) in [6, 6.07) is 1.71. The van der Waals surface area contributed by atoms with Gasteiger partial charge >= 0.3 is 181 Å². The first-order chi connectivity index (χ1) is 14.0. The van der Waals surface area contributed by atoms with E-state index in [-0.39, 0.29) is 18.2 Å². The summed E-state index contributed by atoms with van der Waals surface area (Å²) < 4.78 is 88.3. The van der Waals surface area contributed by atoms with Crippen LogP contribution in [0.1, 0.15) is 76.0 Å². The van der Waals surface area contributed by atoms with Crippen LogP contribution in [0.5, 0.6) is 0 Å². The van der Waals surface area contributed by atoms with E-state index < -0.39 is 41.9 Å². The van der Waals surface area contributed by atoms with E-state index in [0.29, 0.717) is 4.62 Å². The number of benzene rings is 1. The van der Waals surface area contributed by atoms with Gasteiger partial charge in [0.15, 0.2) is 0 Å². The Labute approximate surface area is 180 Å². The summed E-state index contributed by atoms with van der Waals surface area (Å²) >= 11 is -2.65. The first-order valence-electron chi connectivity index (χ1n) is 10.8. The van der Waals surface area contributed by atoms with Crippen molar-refractivity contribution >= 4 is 18.4 Å². The first-order valence-corrected chi connectivity index (χ1v) is 18.9. The van der Waals surface area contributed by atoms with Gasteiger partial charge in [0.25, 0.3) is 0 Å². The van der Waals surface area contributed by atoms with Crippen LogP contribution in [0, 0.1) is 0 Å². The molecule has 0 amide bonds. The number of ether oxygens (including phenoxy) is 1. The maximum atomic E-state index is 13.1. The van der Waals surface area contributed by atoms with E-state index in [1.807, 2.05) is 0 Å². The summed E-state index contributed by atoms with van der Waals surface area (Å²) in [5.74, 6) is 0. The van der Waals surface area contributed by atoms with Crippen LogP contribution < -0.4 is 0 Å². The zero-order valence-electron chi connectivity index (χ0n) is 18.2. The summed E-state index contributed by atoms with van der Waals surface area (Å²) in [5.41, 5.74) is -2.64. The predicted molar refractivity (Wildman–Crippen MR) is 111 cm³/mol. The van der Waals surface area contributed by atoms with Gasteiger partial charge in [0.1, 0.15) is 0 Å². The van der Waals surface area contributed by atoms with E-state index >= 15 is 0 Å². The normalized spacial score (nSPS) is 13.1. The fourth-order valence-electron chi connectivity index (χ4n) is 3.73. The zero-order valence-corrected chi connectivity index (χ0v) is 21.0. The van der Waals surface area contributed by atoms with E-state index in [0.717, 1.165) is 50.7 Å². The summed E-state index contributed by atoms with van der Waals surface area (Å²) in [4.78, 5) is 0. The molecule has 0 aliphatic heterocycles. The number of halogens is 6. The fraction of sp³-hybridized carbons (Fsp3) is 0.727. The van der Waals surface area contributed by atoms with Gasteiger partial charge in [-0.25, -0.2) is 0 Å². The molecule has 1 nitrogen and oxygen atoms in total. The third-order valence-electron chi connectivity index (χ3n) is 5.51. The molecule has 1 aromatic carbocycles. The number of hydrogen-bond donors (Lipinski definition) is 0. The molecule has 0 heterocycles. The molecular weight excluding hydrogens is 513 g/mol.